The average Bonchev–Trinajstić information content (AvgIpc) is 2.40. The molecule has 0 saturated heterocycles. The summed E-state index contributed by atoms with van der Waals surface area (Å²) >= 11 is 5.89. The normalized spacial score (nSPS) is 16.1. The Kier molecular flexibility index (Phi) is 4.37. The molecule has 0 atom stereocenters. The first-order chi connectivity index (χ1) is 9.08. The predicted octanol–water partition coefficient (Wildman–Crippen LogP) is 3.74. The molecule has 102 valence electrons. The van der Waals surface area contributed by atoms with Crippen LogP contribution in [-0.4, -0.2) is 17.0 Å². The van der Waals surface area contributed by atoms with Crippen molar-refractivity contribution in [2.45, 2.75) is 38.2 Å². The molecule has 0 unspecified atom stereocenters. The third-order valence-corrected chi connectivity index (χ3v) is 3.54. The number of hydrogen-bond donors (Lipinski definition) is 0. The lowest BCUT2D eigenvalue weighted by Crippen LogP contribution is -2.21. The van der Waals surface area contributed by atoms with Crippen LogP contribution >= 0.6 is 11.6 Å². The lowest BCUT2D eigenvalue weighted by molar-refractivity contribution is -0.384. The molecule has 2 rings (SSSR count). The fourth-order valence-electron chi connectivity index (χ4n) is 2.18. The molecule has 1 fully saturated rings. The number of carbonyl (C=O) groups excluding carboxylic acids is 1. The maximum absolute atomic E-state index is 12.0. The maximum atomic E-state index is 12.0. The number of nitro groups is 1. The highest BCUT2D eigenvalue weighted by Gasteiger charge is 2.22. The summed E-state index contributed by atoms with van der Waals surface area (Å²) in [6.45, 7) is 0. The highest BCUT2D eigenvalue weighted by Crippen LogP contribution is 2.26. The molecule has 0 N–H and O–H groups in total. The van der Waals surface area contributed by atoms with Crippen LogP contribution in [0.1, 0.15) is 42.5 Å². The Morgan fingerprint density at radius 2 is 2.00 bits per heavy atom. The van der Waals surface area contributed by atoms with Gasteiger partial charge in [0.15, 0.2) is 0 Å². The Hall–Kier alpha value is -1.62. The zero-order valence-corrected chi connectivity index (χ0v) is 11.1. The molecule has 19 heavy (non-hydrogen) atoms. The molecular weight excluding hydrogens is 270 g/mol. The van der Waals surface area contributed by atoms with Gasteiger partial charge in [-0.1, -0.05) is 18.0 Å². The van der Waals surface area contributed by atoms with Gasteiger partial charge in [0.25, 0.3) is 5.69 Å². The minimum Gasteiger partial charge on any atom is -0.459 e. The van der Waals surface area contributed by atoms with Crippen molar-refractivity contribution in [3.8, 4) is 0 Å². The minimum atomic E-state index is -0.583. The zero-order chi connectivity index (χ0) is 13.8. The van der Waals surface area contributed by atoms with E-state index in [9.17, 15) is 14.9 Å². The molecule has 0 spiro atoms. The first-order valence-electron chi connectivity index (χ1n) is 6.23. The van der Waals surface area contributed by atoms with Crippen molar-refractivity contribution in [3.63, 3.8) is 0 Å². The number of hydrogen-bond acceptors (Lipinski definition) is 4. The van der Waals surface area contributed by atoms with Crippen LogP contribution in [0.4, 0.5) is 5.69 Å². The third-order valence-electron chi connectivity index (χ3n) is 3.21. The van der Waals surface area contributed by atoms with Gasteiger partial charge in [0, 0.05) is 12.1 Å². The van der Waals surface area contributed by atoms with E-state index in [0.717, 1.165) is 38.2 Å². The molecule has 6 heteroatoms. The summed E-state index contributed by atoms with van der Waals surface area (Å²) in [5.41, 5.74) is -0.110. The van der Waals surface area contributed by atoms with Gasteiger partial charge in [0.1, 0.15) is 6.10 Å². The quantitative estimate of drug-likeness (QED) is 0.481. The van der Waals surface area contributed by atoms with Crippen LogP contribution in [0.5, 0.6) is 0 Å². The maximum Gasteiger partial charge on any atom is 0.340 e. The van der Waals surface area contributed by atoms with Gasteiger partial charge in [-0.05, 0) is 31.7 Å². The number of esters is 1. The summed E-state index contributed by atoms with van der Waals surface area (Å²) in [5.74, 6) is -0.583. The third kappa shape index (κ3) is 3.44. The van der Waals surface area contributed by atoms with Crippen molar-refractivity contribution < 1.29 is 14.5 Å². The fourth-order valence-corrected chi connectivity index (χ4v) is 2.38. The van der Waals surface area contributed by atoms with Gasteiger partial charge in [-0.3, -0.25) is 10.1 Å². The van der Waals surface area contributed by atoms with E-state index >= 15 is 0 Å². The molecule has 1 aliphatic rings. The van der Waals surface area contributed by atoms with Crippen molar-refractivity contribution >= 4 is 23.3 Å². The van der Waals surface area contributed by atoms with E-state index in [1.54, 1.807) is 0 Å². The van der Waals surface area contributed by atoms with Crippen LogP contribution < -0.4 is 0 Å². The van der Waals surface area contributed by atoms with Crippen LogP contribution in [0.15, 0.2) is 18.2 Å². The second-order valence-corrected chi connectivity index (χ2v) is 4.99. The number of nitro benzene ring substituents is 1. The first-order valence-corrected chi connectivity index (χ1v) is 6.60. The average molecular weight is 284 g/mol. The van der Waals surface area contributed by atoms with Crippen molar-refractivity contribution in [1.29, 1.82) is 0 Å². The van der Waals surface area contributed by atoms with Crippen LogP contribution in [0.3, 0.4) is 0 Å². The molecule has 1 aliphatic carbocycles. The topological polar surface area (TPSA) is 69.4 Å². The first kappa shape index (κ1) is 13.8. The van der Waals surface area contributed by atoms with Gasteiger partial charge in [-0.25, -0.2) is 4.79 Å². The Morgan fingerprint density at radius 3 is 2.63 bits per heavy atom. The fraction of sp³-hybridized carbons (Fsp3) is 0.462. The van der Waals surface area contributed by atoms with Gasteiger partial charge in [0.2, 0.25) is 0 Å². The van der Waals surface area contributed by atoms with Crippen LogP contribution in [0.25, 0.3) is 0 Å². The highest BCUT2D eigenvalue weighted by atomic mass is 35.5. The number of rotatable bonds is 3. The standard InChI is InChI=1S/C13H14ClNO4/c14-12-7-6-9(15(17)18)8-11(12)13(16)19-10-4-2-1-3-5-10/h6-8,10H,1-5H2. The summed E-state index contributed by atoms with van der Waals surface area (Å²) < 4.78 is 5.35. The van der Waals surface area contributed by atoms with E-state index in [2.05, 4.69) is 0 Å². The van der Waals surface area contributed by atoms with Gasteiger partial charge < -0.3 is 4.74 Å². The molecule has 5 nitrogen and oxygen atoms in total. The molecule has 0 aliphatic heterocycles. The minimum absolute atomic E-state index is 0.0569. The summed E-state index contributed by atoms with van der Waals surface area (Å²) in [5, 5.41) is 10.9. The number of nitrogens with zero attached hydrogens (tertiary/aromatic N) is 1. The van der Waals surface area contributed by atoms with Gasteiger partial charge in [-0.2, -0.15) is 0 Å². The molecule has 0 aromatic heterocycles. The summed E-state index contributed by atoms with van der Waals surface area (Å²) in [6, 6.07) is 3.77. The van der Waals surface area contributed by atoms with Gasteiger partial charge in [-0.15, -0.1) is 0 Å². The van der Waals surface area contributed by atoms with Gasteiger partial charge >= 0.3 is 5.97 Å². The molecule has 1 saturated carbocycles. The van der Waals surface area contributed by atoms with Crippen molar-refractivity contribution in [3.05, 3.63) is 38.9 Å². The van der Waals surface area contributed by atoms with Crippen LogP contribution in [-0.2, 0) is 4.74 Å². The number of ether oxygens (including phenoxy) is 1. The molecular formula is C13H14ClNO4. The molecule has 0 heterocycles. The summed E-state index contributed by atoms with van der Waals surface area (Å²) in [6.07, 6.45) is 4.83. The molecule has 0 amide bonds. The van der Waals surface area contributed by atoms with Gasteiger partial charge in [0.05, 0.1) is 15.5 Å². The van der Waals surface area contributed by atoms with Crippen LogP contribution in [0.2, 0.25) is 5.02 Å². The van der Waals surface area contributed by atoms with Crippen molar-refractivity contribution in [1.82, 2.24) is 0 Å². The molecule has 0 radical (unpaired) electrons. The Morgan fingerprint density at radius 1 is 1.32 bits per heavy atom. The number of non-ortho nitro benzene ring substituents is 1. The smallest absolute Gasteiger partial charge is 0.340 e. The lowest BCUT2D eigenvalue weighted by atomic mass is 9.98. The van der Waals surface area contributed by atoms with Crippen molar-refractivity contribution in [2.75, 3.05) is 0 Å². The van der Waals surface area contributed by atoms with Crippen molar-refractivity contribution in [2.24, 2.45) is 0 Å². The van der Waals surface area contributed by atoms with E-state index in [-0.39, 0.29) is 22.4 Å². The number of benzene rings is 1. The van der Waals surface area contributed by atoms with E-state index in [1.165, 1.54) is 12.1 Å². The molecule has 1 aromatic carbocycles. The van der Waals surface area contributed by atoms with E-state index in [4.69, 9.17) is 16.3 Å². The second-order valence-electron chi connectivity index (χ2n) is 4.59. The Labute approximate surface area is 115 Å². The summed E-state index contributed by atoms with van der Waals surface area (Å²) in [7, 11) is 0. The van der Waals surface area contributed by atoms with Crippen LogP contribution in [0, 0.1) is 10.1 Å². The highest BCUT2D eigenvalue weighted by molar-refractivity contribution is 6.33. The number of carbonyl (C=O) groups is 1. The monoisotopic (exact) mass is 283 g/mol. The predicted molar refractivity (Wildman–Crippen MR) is 70.4 cm³/mol. The van der Waals surface area contributed by atoms with E-state index in [1.807, 2.05) is 0 Å². The number of halogens is 1. The molecule has 0 bridgehead atoms. The SMILES string of the molecule is O=C(OC1CCCCC1)c1cc([N+](=O)[O-])ccc1Cl. The largest absolute Gasteiger partial charge is 0.459 e. The zero-order valence-electron chi connectivity index (χ0n) is 10.3. The summed E-state index contributed by atoms with van der Waals surface area (Å²) in [4.78, 5) is 22.1. The van der Waals surface area contributed by atoms with E-state index < -0.39 is 10.9 Å². The molecule has 1 aromatic rings. The lowest BCUT2D eigenvalue weighted by Gasteiger charge is -2.21. The second kappa shape index (κ2) is 6.02. The Balaban J connectivity index is 2.13. The van der Waals surface area contributed by atoms with E-state index in [0.29, 0.717) is 0 Å². The Bertz CT molecular complexity index is 497.